The van der Waals surface area contributed by atoms with Gasteiger partial charge in [0.15, 0.2) is 50.3 Å². The summed E-state index contributed by atoms with van der Waals surface area (Å²) in [5.41, 5.74) is 0. The Labute approximate surface area is 821 Å². The van der Waals surface area contributed by atoms with Crippen LogP contribution in [-0.4, -0.2) is 434 Å². The fourth-order valence-electron chi connectivity index (χ4n) is 19.3. The minimum atomic E-state index is -2.46. The lowest BCUT2D eigenvalue weighted by molar-refractivity contribution is -0.398. The first-order valence-corrected chi connectivity index (χ1v) is 51.7. The van der Waals surface area contributed by atoms with E-state index in [2.05, 4.69) is 29.8 Å². The zero-order valence-electron chi connectivity index (χ0n) is 82.4. The van der Waals surface area contributed by atoms with Gasteiger partial charge in [0.1, 0.15) is 183 Å². The molecule has 0 bridgehead atoms. The number of aliphatic hydroxyl groups excluding tert-OH is 22. The summed E-state index contributed by atoms with van der Waals surface area (Å²) in [7, 11) is 0. The molecule has 0 radical (unpaired) electrons. The average Bonchev–Trinajstić information content (AvgIpc) is 0.759. The Balaban J connectivity index is 0.950. The van der Waals surface area contributed by atoms with Crippen LogP contribution in [0.2, 0.25) is 0 Å². The van der Waals surface area contributed by atoms with E-state index in [1.807, 2.05) is 6.08 Å². The summed E-state index contributed by atoms with van der Waals surface area (Å²) in [6.45, 7) is 1.88. The molecule has 16 unspecified atom stereocenters. The van der Waals surface area contributed by atoms with Gasteiger partial charge in [-0.05, 0) is 33.1 Å². The highest BCUT2D eigenvalue weighted by molar-refractivity contribution is 5.76. The number of hydrogen-bond donors (Lipinski definition) is 25. The molecule has 0 spiro atoms. The number of unbranched alkanes of at least 4 members (excludes halogenated alkanes) is 33. The molecule has 44 heteroatoms. The van der Waals surface area contributed by atoms with Crippen LogP contribution in [-0.2, 0) is 90.2 Å². The predicted molar refractivity (Wildman–Crippen MR) is 493 cm³/mol. The first-order chi connectivity index (χ1) is 67.2. The summed E-state index contributed by atoms with van der Waals surface area (Å²) in [5, 5.41) is 258. The number of rotatable bonds is 64. The molecule has 0 aliphatic carbocycles. The number of carbonyl (C=O) groups is 3. The maximum Gasteiger partial charge on any atom is 0.220 e. The lowest BCUT2D eigenvalue weighted by atomic mass is 9.93. The molecular weight excluding hydrogens is 1850 g/mol. The number of aliphatic hydroxyl groups is 22. The molecule has 3 amide bonds. The minimum absolute atomic E-state index is 0.141. The SMILES string of the molecule is CCCCCCCCCCCCC/C=C/[C@@H](O)[C@H](CO[C@@H]1OC(CO)[C@@H](O[C@@H]2OC(CO)[C@H](O)[C@H](O[C@@H]3OC(CO)[C@@H](O[C@H]4OC(C)[C@@H](O)C(O)[C@@H]4O)[C@H](O[C@@H]4OC(CO)[C@H](O)[C@H](O[C@@H]5OC(CO)[C@@H](O[C@@H]6OC(CO)[C@H](O)[C@H](O)C6O[C@H]6OC(C)[C@@H](O)C(O)[C@@H]6O)[C@H](O)C5NC(C)=O)C4O)C3NC(C)=O)C2O)[C@H](O)C1O)NC(=O)CCCCCCCCCCCCCCCCCCCCCCCCC. The molecule has 42 atom stereocenters. The summed E-state index contributed by atoms with van der Waals surface area (Å²) >= 11 is 0. The van der Waals surface area contributed by atoms with Crippen LogP contribution in [0, 0.1) is 0 Å². The van der Waals surface area contributed by atoms with Crippen molar-refractivity contribution in [1.82, 2.24) is 16.0 Å². The first kappa shape index (κ1) is 122. The Morgan fingerprint density at radius 1 is 0.293 bits per heavy atom. The predicted octanol–water partition coefficient (Wildman–Crippen LogP) is -1.60. The van der Waals surface area contributed by atoms with Crippen molar-refractivity contribution in [3.05, 3.63) is 12.2 Å². The number of allylic oxidation sites excluding steroid dienone is 1. The number of ether oxygens (including phenoxy) is 16. The first-order valence-electron chi connectivity index (χ1n) is 51.7. The van der Waals surface area contributed by atoms with Crippen LogP contribution < -0.4 is 16.0 Å². The second-order valence-corrected chi connectivity index (χ2v) is 39.1. The zero-order valence-corrected chi connectivity index (χ0v) is 82.4. The molecule has 44 nitrogen and oxygen atoms in total. The smallest absolute Gasteiger partial charge is 0.220 e. The molecule has 0 aromatic carbocycles. The third-order valence-electron chi connectivity index (χ3n) is 27.9. The van der Waals surface area contributed by atoms with Crippen molar-refractivity contribution in [3.63, 3.8) is 0 Å². The third kappa shape index (κ3) is 36.2. The average molecular weight is 2030 g/mol. The van der Waals surface area contributed by atoms with Gasteiger partial charge in [-0.1, -0.05) is 231 Å². The van der Waals surface area contributed by atoms with E-state index < -0.39 is 316 Å². The molecule has 25 N–H and O–H groups in total. The van der Waals surface area contributed by atoms with E-state index >= 15 is 0 Å². The van der Waals surface area contributed by atoms with Crippen molar-refractivity contribution in [3.8, 4) is 0 Å². The van der Waals surface area contributed by atoms with E-state index in [-0.39, 0.29) is 12.3 Å². The highest BCUT2D eigenvalue weighted by atomic mass is 16.8. The third-order valence-corrected chi connectivity index (χ3v) is 27.9. The Kier molecular flexibility index (Phi) is 55.9. The fourth-order valence-corrected chi connectivity index (χ4v) is 19.3. The van der Waals surface area contributed by atoms with Gasteiger partial charge in [-0.15, -0.1) is 0 Å². The second kappa shape index (κ2) is 64.2. The highest BCUT2D eigenvalue weighted by Crippen LogP contribution is 2.41. The standard InChI is InChI=1S/C96H173N3O41/c1-7-9-11-13-15-17-19-21-22-23-24-25-26-27-28-29-30-32-34-36-38-40-42-44-64(109)99-56(57(108)43-41-39-37-35-33-31-20-18-16-14-12-10-8-2)51-125-91-79(122)76(119)83(62(49-104)133-91)134-94-80(123)87(71(114)59(46-101)128-94)139-90-66(98-55(6)107)85(84(63(50-105)132-90)136-92-77(120)73(116)67(110)52(3)126-92)137-95-81(124)86(70(113)60(47-102)129-95)138-89-65(97-54(5)106)72(115)82(61(48-103)131-89)135-96-88(75(118)69(112)58(45-100)130-96)140-93-78(121)74(117)68(111)53(4)127-93/h41,43,52-53,56-63,65-96,100-105,108,110-124H,7-40,42,44-51H2,1-6H3,(H,97,106)(H,98,107)(H,99,109)/b43-41+/t52?,53?,56-,57+,58?,59?,60?,61?,62?,63?,65?,66?,67+,68+,69-,70-,71-,72+,73?,74?,75-,76+,77-,78-,79?,80?,81?,82+,83+,84+,85+,86-,87-,88?,89-,90-,91+,92+,93+,94-,95-,96-/m0/s1. The fraction of sp³-hybridized carbons (Fsp3) is 0.948. The van der Waals surface area contributed by atoms with Crippen molar-refractivity contribution in [2.75, 3.05) is 46.2 Å². The Bertz CT molecular complexity index is 3380. The largest absolute Gasteiger partial charge is 0.394 e. The molecule has 8 saturated heterocycles. The van der Waals surface area contributed by atoms with Crippen molar-refractivity contribution >= 4 is 17.7 Å². The maximum absolute atomic E-state index is 13.7. The lowest BCUT2D eigenvalue weighted by Crippen LogP contribution is -2.72. The quantitative estimate of drug-likeness (QED) is 0.0241. The Hall–Kier alpha value is -3.37. The lowest BCUT2D eigenvalue weighted by Gasteiger charge is -2.52. The molecule has 8 heterocycles. The van der Waals surface area contributed by atoms with Crippen LogP contribution in [0.1, 0.15) is 273 Å². The van der Waals surface area contributed by atoms with Crippen LogP contribution in [0.15, 0.2) is 12.2 Å². The molecule has 818 valence electrons. The summed E-state index contributed by atoms with van der Waals surface area (Å²) in [6, 6.07) is -5.10. The number of hydrogen-bond acceptors (Lipinski definition) is 41. The van der Waals surface area contributed by atoms with E-state index in [1.54, 1.807) is 6.08 Å². The summed E-state index contributed by atoms with van der Waals surface area (Å²) < 4.78 is 97.1. The van der Waals surface area contributed by atoms with Crippen LogP contribution in [0.3, 0.4) is 0 Å². The minimum Gasteiger partial charge on any atom is -0.394 e. The molecule has 8 aliphatic heterocycles. The monoisotopic (exact) mass is 2020 g/mol. The van der Waals surface area contributed by atoms with E-state index in [0.29, 0.717) is 12.8 Å². The highest BCUT2D eigenvalue weighted by Gasteiger charge is 2.61. The number of amides is 3. The van der Waals surface area contributed by atoms with E-state index in [0.717, 1.165) is 71.6 Å². The van der Waals surface area contributed by atoms with Gasteiger partial charge in [0.25, 0.3) is 0 Å². The van der Waals surface area contributed by atoms with Crippen LogP contribution in [0.4, 0.5) is 0 Å². The molecule has 0 aromatic rings. The van der Waals surface area contributed by atoms with Crippen LogP contribution >= 0.6 is 0 Å². The summed E-state index contributed by atoms with van der Waals surface area (Å²) in [5.74, 6) is -2.29. The van der Waals surface area contributed by atoms with E-state index in [1.165, 1.54) is 168 Å². The summed E-state index contributed by atoms with van der Waals surface area (Å²) in [6.07, 6.45) is -32.0. The topological polar surface area (TPSA) is 680 Å². The molecule has 0 saturated carbocycles. The van der Waals surface area contributed by atoms with Crippen LogP contribution in [0.25, 0.3) is 0 Å². The Morgan fingerprint density at radius 3 is 1.02 bits per heavy atom. The molecule has 8 aliphatic rings. The van der Waals surface area contributed by atoms with Gasteiger partial charge in [-0.2, -0.15) is 0 Å². The second-order valence-electron chi connectivity index (χ2n) is 39.1. The van der Waals surface area contributed by atoms with Crippen molar-refractivity contribution in [2.24, 2.45) is 0 Å². The summed E-state index contributed by atoms with van der Waals surface area (Å²) in [4.78, 5) is 40.6. The molecular formula is C96H173N3O41. The molecule has 8 fully saturated rings. The van der Waals surface area contributed by atoms with Crippen LogP contribution in [0.5, 0.6) is 0 Å². The number of carbonyl (C=O) groups excluding carboxylic acids is 3. The van der Waals surface area contributed by atoms with Gasteiger partial charge >= 0.3 is 0 Å². The van der Waals surface area contributed by atoms with Gasteiger partial charge in [0.05, 0.1) is 70.6 Å². The normalized spacial score (nSPS) is 38.8. The number of nitrogens with one attached hydrogen (secondary N) is 3. The van der Waals surface area contributed by atoms with Gasteiger partial charge in [-0.3, -0.25) is 14.4 Å². The maximum atomic E-state index is 13.7. The van der Waals surface area contributed by atoms with Gasteiger partial charge < -0.3 is 204 Å². The van der Waals surface area contributed by atoms with E-state index in [9.17, 15) is 127 Å². The molecule has 8 rings (SSSR count). The van der Waals surface area contributed by atoms with E-state index in [4.69, 9.17) is 75.8 Å². The van der Waals surface area contributed by atoms with Gasteiger partial charge in [-0.25, -0.2) is 0 Å². The molecule has 0 aromatic heterocycles. The van der Waals surface area contributed by atoms with Crippen molar-refractivity contribution in [2.45, 2.75) is 530 Å². The van der Waals surface area contributed by atoms with Crippen molar-refractivity contribution in [1.29, 1.82) is 0 Å². The zero-order chi connectivity index (χ0) is 102. The van der Waals surface area contributed by atoms with Crippen molar-refractivity contribution < 1.29 is 203 Å². The molecule has 140 heavy (non-hydrogen) atoms. The Morgan fingerprint density at radius 2 is 0.600 bits per heavy atom. The van der Waals surface area contributed by atoms with Gasteiger partial charge in [0.2, 0.25) is 17.7 Å². The van der Waals surface area contributed by atoms with Gasteiger partial charge in [0, 0.05) is 20.3 Å².